The van der Waals surface area contributed by atoms with Gasteiger partial charge >= 0.3 is 0 Å². The van der Waals surface area contributed by atoms with E-state index in [0.717, 1.165) is 13.1 Å². The van der Waals surface area contributed by atoms with Gasteiger partial charge in [0.25, 0.3) is 0 Å². The van der Waals surface area contributed by atoms with Crippen molar-refractivity contribution in [2.75, 3.05) is 0 Å². The van der Waals surface area contributed by atoms with Gasteiger partial charge in [-0.05, 0) is 6.07 Å². The van der Waals surface area contributed by atoms with Crippen molar-refractivity contribution in [3.05, 3.63) is 36.2 Å². The first kappa shape index (κ1) is 9.92. The molecule has 0 aliphatic carbocycles. The van der Waals surface area contributed by atoms with E-state index >= 15 is 0 Å². The molecular weight excluding hydrogens is 190 g/mol. The van der Waals surface area contributed by atoms with Crippen LogP contribution in [0.15, 0.2) is 24.8 Å². The molecule has 0 unspecified atom stereocenters. The minimum Gasteiger partial charge on any atom is -0.337 e. The van der Waals surface area contributed by atoms with E-state index in [1.807, 2.05) is 35.6 Å². The van der Waals surface area contributed by atoms with E-state index in [-0.39, 0.29) is 0 Å². The lowest BCUT2D eigenvalue weighted by atomic mass is 10.4. The molecule has 0 atom stereocenters. The van der Waals surface area contributed by atoms with Crippen LogP contribution in [0, 0.1) is 0 Å². The minimum absolute atomic E-state index is 0.821. The molecule has 80 valence electrons. The van der Waals surface area contributed by atoms with Crippen LogP contribution in [-0.4, -0.2) is 19.3 Å². The summed E-state index contributed by atoms with van der Waals surface area (Å²) in [5, 5.41) is 7.46. The van der Waals surface area contributed by atoms with Crippen LogP contribution in [0.1, 0.15) is 11.4 Å². The molecular formula is C10H15N5. The van der Waals surface area contributed by atoms with Crippen molar-refractivity contribution >= 4 is 0 Å². The third-order valence-electron chi connectivity index (χ3n) is 2.45. The topological polar surface area (TPSA) is 47.7 Å². The van der Waals surface area contributed by atoms with Crippen LogP contribution in [0.4, 0.5) is 0 Å². The molecule has 5 nitrogen and oxygen atoms in total. The molecule has 0 spiro atoms. The maximum absolute atomic E-state index is 4.11. The van der Waals surface area contributed by atoms with Crippen LogP contribution in [-0.2, 0) is 27.2 Å². The number of nitrogens with zero attached hydrogens (tertiary/aromatic N) is 4. The summed E-state index contributed by atoms with van der Waals surface area (Å²) >= 11 is 0. The lowest BCUT2D eigenvalue weighted by Gasteiger charge is -2.05. The van der Waals surface area contributed by atoms with Crippen LogP contribution in [0.5, 0.6) is 0 Å². The zero-order valence-corrected chi connectivity index (χ0v) is 9.01. The fourth-order valence-corrected chi connectivity index (χ4v) is 1.45. The molecule has 0 amide bonds. The second kappa shape index (κ2) is 4.27. The second-order valence-electron chi connectivity index (χ2n) is 3.55. The molecule has 2 rings (SSSR count). The quantitative estimate of drug-likeness (QED) is 0.788. The van der Waals surface area contributed by atoms with Crippen LogP contribution in [0.2, 0.25) is 0 Å². The van der Waals surface area contributed by atoms with Crippen LogP contribution >= 0.6 is 0 Å². The molecule has 2 aromatic heterocycles. The Morgan fingerprint density at radius 3 is 2.67 bits per heavy atom. The molecule has 15 heavy (non-hydrogen) atoms. The Labute approximate surface area is 88.7 Å². The zero-order chi connectivity index (χ0) is 10.7. The molecule has 5 heteroatoms. The standard InChI is InChI=1S/C10H15N5/c1-14-8-12-7-10(14)6-11-5-9-3-4-13-15(9)2/h3-4,7-8,11H,5-6H2,1-2H3. The highest BCUT2D eigenvalue weighted by Gasteiger charge is 2.00. The average Bonchev–Trinajstić information content (AvgIpc) is 2.78. The highest BCUT2D eigenvalue weighted by molar-refractivity contribution is 5.01. The first-order valence-corrected chi connectivity index (χ1v) is 4.90. The van der Waals surface area contributed by atoms with E-state index in [4.69, 9.17) is 0 Å². The van der Waals surface area contributed by atoms with Crippen molar-refractivity contribution in [2.45, 2.75) is 13.1 Å². The highest BCUT2D eigenvalue weighted by atomic mass is 15.3. The Morgan fingerprint density at radius 1 is 1.27 bits per heavy atom. The molecule has 0 fully saturated rings. The molecule has 2 aromatic rings. The Balaban J connectivity index is 1.86. The maximum Gasteiger partial charge on any atom is 0.0945 e. The van der Waals surface area contributed by atoms with Gasteiger partial charge in [-0.2, -0.15) is 5.10 Å². The van der Waals surface area contributed by atoms with Crippen molar-refractivity contribution < 1.29 is 0 Å². The Morgan fingerprint density at radius 2 is 2.07 bits per heavy atom. The van der Waals surface area contributed by atoms with Crippen LogP contribution in [0.25, 0.3) is 0 Å². The second-order valence-corrected chi connectivity index (χ2v) is 3.55. The van der Waals surface area contributed by atoms with E-state index < -0.39 is 0 Å². The normalized spacial score (nSPS) is 10.8. The molecule has 0 aliphatic rings. The maximum atomic E-state index is 4.11. The summed E-state index contributed by atoms with van der Waals surface area (Å²) in [6.07, 6.45) is 5.48. The minimum atomic E-state index is 0.821. The lowest BCUT2D eigenvalue weighted by molar-refractivity contribution is 0.609. The fourth-order valence-electron chi connectivity index (χ4n) is 1.45. The summed E-state index contributed by atoms with van der Waals surface area (Å²) in [5.41, 5.74) is 2.36. The summed E-state index contributed by atoms with van der Waals surface area (Å²) in [4.78, 5) is 4.06. The predicted octanol–water partition coefficient (Wildman–Crippen LogP) is 0.443. The third kappa shape index (κ3) is 2.24. The van der Waals surface area contributed by atoms with Crippen LogP contribution < -0.4 is 5.32 Å². The van der Waals surface area contributed by atoms with Gasteiger partial charge in [-0.15, -0.1) is 0 Å². The largest absolute Gasteiger partial charge is 0.337 e. The molecule has 2 heterocycles. The van der Waals surface area contributed by atoms with E-state index in [1.54, 1.807) is 12.5 Å². The molecule has 0 bridgehead atoms. The SMILES string of the molecule is Cn1cncc1CNCc1ccnn1C. The Bertz CT molecular complexity index is 388. The Kier molecular flexibility index (Phi) is 2.82. The number of nitrogens with one attached hydrogen (secondary N) is 1. The predicted molar refractivity (Wildman–Crippen MR) is 57.0 cm³/mol. The number of rotatable bonds is 4. The molecule has 1 N–H and O–H groups in total. The van der Waals surface area contributed by atoms with Gasteiger partial charge in [0, 0.05) is 39.6 Å². The number of aryl methyl sites for hydroxylation is 2. The van der Waals surface area contributed by atoms with Gasteiger partial charge in [0.15, 0.2) is 0 Å². The summed E-state index contributed by atoms with van der Waals surface area (Å²) in [6, 6.07) is 2.01. The van der Waals surface area contributed by atoms with Crippen molar-refractivity contribution in [3.63, 3.8) is 0 Å². The molecule has 0 aliphatic heterocycles. The van der Waals surface area contributed by atoms with Gasteiger partial charge < -0.3 is 9.88 Å². The molecule has 0 saturated heterocycles. The number of aromatic nitrogens is 4. The molecule has 0 saturated carbocycles. The fraction of sp³-hybridized carbons (Fsp3) is 0.400. The highest BCUT2D eigenvalue weighted by Crippen LogP contribution is 1.98. The average molecular weight is 205 g/mol. The van der Waals surface area contributed by atoms with Gasteiger partial charge in [-0.1, -0.05) is 0 Å². The molecule has 0 aromatic carbocycles. The van der Waals surface area contributed by atoms with Crippen molar-refractivity contribution in [1.29, 1.82) is 0 Å². The Hall–Kier alpha value is -1.62. The van der Waals surface area contributed by atoms with E-state index in [2.05, 4.69) is 15.4 Å². The summed E-state index contributed by atoms with van der Waals surface area (Å²) in [7, 11) is 3.94. The van der Waals surface area contributed by atoms with Crippen molar-refractivity contribution in [3.8, 4) is 0 Å². The number of imidazole rings is 1. The van der Waals surface area contributed by atoms with Gasteiger partial charge in [0.2, 0.25) is 0 Å². The van der Waals surface area contributed by atoms with E-state index in [9.17, 15) is 0 Å². The third-order valence-corrected chi connectivity index (χ3v) is 2.45. The van der Waals surface area contributed by atoms with Crippen LogP contribution in [0.3, 0.4) is 0 Å². The van der Waals surface area contributed by atoms with Gasteiger partial charge in [0.1, 0.15) is 0 Å². The first-order chi connectivity index (χ1) is 7.27. The molecule has 0 radical (unpaired) electrons. The van der Waals surface area contributed by atoms with Gasteiger partial charge in [-0.25, -0.2) is 4.98 Å². The summed E-state index contributed by atoms with van der Waals surface area (Å²) in [5.74, 6) is 0. The monoisotopic (exact) mass is 205 g/mol. The van der Waals surface area contributed by atoms with E-state index in [0.29, 0.717) is 0 Å². The summed E-state index contributed by atoms with van der Waals surface area (Å²) in [6.45, 7) is 1.64. The van der Waals surface area contributed by atoms with E-state index in [1.165, 1.54) is 11.4 Å². The summed E-state index contributed by atoms with van der Waals surface area (Å²) < 4.78 is 3.88. The van der Waals surface area contributed by atoms with Gasteiger partial charge in [0.05, 0.1) is 17.7 Å². The lowest BCUT2D eigenvalue weighted by Crippen LogP contribution is -2.16. The smallest absolute Gasteiger partial charge is 0.0945 e. The van der Waals surface area contributed by atoms with Crippen molar-refractivity contribution in [2.24, 2.45) is 14.1 Å². The first-order valence-electron chi connectivity index (χ1n) is 4.90. The number of hydrogen-bond donors (Lipinski definition) is 1. The van der Waals surface area contributed by atoms with Gasteiger partial charge in [-0.3, -0.25) is 4.68 Å². The van der Waals surface area contributed by atoms with Crippen molar-refractivity contribution in [1.82, 2.24) is 24.6 Å². The number of hydrogen-bond acceptors (Lipinski definition) is 3. The zero-order valence-electron chi connectivity index (χ0n) is 9.01.